The summed E-state index contributed by atoms with van der Waals surface area (Å²) >= 11 is 0. The summed E-state index contributed by atoms with van der Waals surface area (Å²) in [4.78, 5) is 0. The number of aliphatic hydroxyl groups is 1. The lowest BCUT2D eigenvalue weighted by Crippen LogP contribution is -2.49. The average molecular weight is 326 g/mol. The third-order valence-electron chi connectivity index (χ3n) is 3.99. The van der Waals surface area contributed by atoms with Crippen molar-refractivity contribution in [3.05, 3.63) is 35.9 Å². The molecule has 22 heavy (non-hydrogen) atoms. The smallest absolute Gasteiger partial charge is 0.279 e. The van der Waals surface area contributed by atoms with Crippen molar-refractivity contribution in [2.75, 3.05) is 19.6 Å². The van der Waals surface area contributed by atoms with E-state index in [4.69, 9.17) is 0 Å². The highest BCUT2D eigenvalue weighted by Crippen LogP contribution is 2.22. The van der Waals surface area contributed by atoms with Crippen LogP contribution in [-0.2, 0) is 16.6 Å². The summed E-state index contributed by atoms with van der Waals surface area (Å²) in [6.45, 7) is 5.28. The summed E-state index contributed by atoms with van der Waals surface area (Å²) in [6.07, 6.45) is 0.774. The van der Waals surface area contributed by atoms with Gasteiger partial charge in [-0.15, -0.1) is 0 Å². The van der Waals surface area contributed by atoms with Gasteiger partial charge in [0.15, 0.2) is 0 Å². The van der Waals surface area contributed by atoms with Crippen molar-refractivity contribution in [3.63, 3.8) is 0 Å². The number of hydrogen-bond acceptors (Lipinski definition) is 3. The van der Waals surface area contributed by atoms with Crippen LogP contribution >= 0.6 is 0 Å². The van der Waals surface area contributed by atoms with Gasteiger partial charge in [-0.05, 0) is 30.2 Å². The second-order valence-electron chi connectivity index (χ2n) is 6.46. The number of aliphatic hydroxyl groups excluding tert-OH is 1. The van der Waals surface area contributed by atoms with E-state index < -0.39 is 16.3 Å². The molecule has 124 valence electrons. The molecule has 0 aromatic heterocycles. The molecule has 1 saturated heterocycles. The fourth-order valence-corrected chi connectivity index (χ4v) is 4.54. The minimum atomic E-state index is -3.51. The van der Waals surface area contributed by atoms with E-state index in [1.807, 2.05) is 30.3 Å². The topological polar surface area (TPSA) is 69.6 Å². The molecule has 1 fully saturated rings. The Kier molecular flexibility index (Phi) is 5.97. The van der Waals surface area contributed by atoms with Crippen LogP contribution in [0, 0.1) is 11.8 Å². The van der Waals surface area contributed by atoms with E-state index in [2.05, 4.69) is 18.6 Å². The predicted octanol–water partition coefficient (Wildman–Crippen LogP) is 1.40. The van der Waals surface area contributed by atoms with Gasteiger partial charge in [-0.1, -0.05) is 44.2 Å². The molecule has 5 nitrogen and oxygen atoms in total. The number of rotatable bonds is 6. The largest absolute Gasteiger partial charge is 0.391 e. The molecule has 2 N–H and O–H groups in total. The van der Waals surface area contributed by atoms with E-state index >= 15 is 0 Å². The molecule has 1 aliphatic rings. The molecule has 1 aromatic carbocycles. The lowest BCUT2D eigenvalue weighted by atomic mass is 9.94. The summed E-state index contributed by atoms with van der Waals surface area (Å²) in [5, 5.41) is 10.0. The summed E-state index contributed by atoms with van der Waals surface area (Å²) in [7, 11) is -3.51. The molecule has 1 aromatic rings. The highest BCUT2D eigenvalue weighted by molar-refractivity contribution is 7.87. The lowest BCUT2D eigenvalue weighted by molar-refractivity contribution is 0.175. The highest BCUT2D eigenvalue weighted by Gasteiger charge is 2.30. The van der Waals surface area contributed by atoms with Gasteiger partial charge in [-0.2, -0.15) is 17.4 Å². The Hall–Kier alpha value is -0.950. The Morgan fingerprint density at radius 3 is 2.41 bits per heavy atom. The standard InChI is InChI=1S/C16H26N2O3S/c1-13-8-14(2)12-18(11-13)22(20,21)17-10-16(19)9-15-6-4-3-5-7-15/h3-7,13-14,16-17,19H,8-12H2,1-2H3. The fraction of sp³-hybridized carbons (Fsp3) is 0.625. The van der Waals surface area contributed by atoms with E-state index in [0.717, 1.165) is 12.0 Å². The molecule has 0 bridgehead atoms. The first-order valence-corrected chi connectivity index (χ1v) is 9.27. The molecule has 0 spiro atoms. The van der Waals surface area contributed by atoms with Crippen molar-refractivity contribution in [1.82, 2.24) is 9.03 Å². The van der Waals surface area contributed by atoms with Crippen LogP contribution in [0.4, 0.5) is 0 Å². The van der Waals surface area contributed by atoms with Gasteiger partial charge in [0.2, 0.25) is 0 Å². The maximum atomic E-state index is 12.3. The van der Waals surface area contributed by atoms with Gasteiger partial charge in [-0.3, -0.25) is 0 Å². The van der Waals surface area contributed by atoms with Crippen LogP contribution < -0.4 is 4.72 Å². The zero-order chi connectivity index (χ0) is 16.2. The molecule has 0 saturated carbocycles. The van der Waals surface area contributed by atoms with E-state index in [0.29, 0.717) is 31.3 Å². The quantitative estimate of drug-likeness (QED) is 0.830. The van der Waals surface area contributed by atoms with Crippen molar-refractivity contribution < 1.29 is 13.5 Å². The molecule has 3 atom stereocenters. The molecule has 6 heteroatoms. The molecule has 0 aliphatic carbocycles. The number of piperidine rings is 1. The van der Waals surface area contributed by atoms with Crippen molar-refractivity contribution >= 4 is 10.2 Å². The SMILES string of the molecule is CC1CC(C)CN(S(=O)(=O)NCC(O)Cc2ccccc2)C1. The van der Waals surface area contributed by atoms with E-state index in [1.165, 1.54) is 4.31 Å². The normalized spacial score (nSPS) is 25.0. The van der Waals surface area contributed by atoms with Gasteiger partial charge < -0.3 is 5.11 Å². The predicted molar refractivity (Wildman–Crippen MR) is 87.6 cm³/mol. The summed E-state index contributed by atoms with van der Waals surface area (Å²) in [5.74, 6) is 0.740. The number of hydrogen-bond donors (Lipinski definition) is 2. The Balaban J connectivity index is 1.86. The van der Waals surface area contributed by atoms with Gasteiger partial charge in [0.05, 0.1) is 6.10 Å². The van der Waals surface area contributed by atoms with Gasteiger partial charge in [0.25, 0.3) is 10.2 Å². The third kappa shape index (κ3) is 5.05. The van der Waals surface area contributed by atoms with E-state index in [9.17, 15) is 13.5 Å². The van der Waals surface area contributed by atoms with Crippen LogP contribution in [0.2, 0.25) is 0 Å². The summed E-state index contributed by atoms with van der Waals surface area (Å²) in [6, 6.07) is 9.57. The Bertz CT molecular complexity index is 552. The zero-order valence-corrected chi connectivity index (χ0v) is 14.1. The van der Waals surface area contributed by atoms with Crippen LogP contribution in [0.3, 0.4) is 0 Å². The molecule has 2 rings (SSSR count). The van der Waals surface area contributed by atoms with Crippen molar-refractivity contribution in [2.24, 2.45) is 11.8 Å². The van der Waals surface area contributed by atoms with Crippen LogP contribution in [0.15, 0.2) is 30.3 Å². The van der Waals surface area contributed by atoms with Crippen molar-refractivity contribution in [3.8, 4) is 0 Å². The second kappa shape index (κ2) is 7.55. The molecule has 1 heterocycles. The maximum absolute atomic E-state index is 12.3. The van der Waals surface area contributed by atoms with E-state index in [1.54, 1.807) is 0 Å². The average Bonchev–Trinajstić information content (AvgIpc) is 2.45. The minimum Gasteiger partial charge on any atom is -0.391 e. The van der Waals surface area contributed by atoms with Crippen LogP contribution in [0.5, 0.6) is 0 Å². The summed E-state index contributed by atoms with van der Waals surface area (Å²) in [5.41, 5.74) is 0.995. The first-order chi connectivity index (χ1) is 10.4. The highest BCUT2D eigenvalue weighted by atomic mass is 32.2. The second-order valence-corrected chi connectivity index (χ2v) is 8.22. The van der Waals surface area contributed by atoms with Gasteiger partial charge in [0, 0.05) is 19.6 Å². The van der Waals surface area contributed by atoms with Gasteiger partial charge in [0.1, 0.15) is 0 Å². The lowest BCUT2D eigenvalue weighted by Gasteiger charge is -2.34. The molecular formula is C16H26N2O3S. The summed E-state index contributed by atoms with van der Waals surface area (Å²) < 4.78 is 28.7. The van der Waals surface area contributed by atoms with E-state index in [-0.39, 0.29) is 6.54 Å². The van der Waals surface area contributed by atoms with Crippen molar-refractivity contribution in [2.45, 2.75) is 32.8 Å². The number of nitrogens with one attached hydrogen (secondary N) is 1. The molecule has 1 aliphatic heterocycles. The Morgan fingerprint density at radius 1 is 1.23 bits per heavy atom. The molecule has 0 amide bonds. The first kappa shape index (κ1) is 17.4. The fourth-order valence-electron chi connectivity index (χ4n) is 3.05. The zero-order valence-electron chi connectivity index (χ0n) is 13.3. The third-order valence-corrected chi connectivity index (χ3v) is 5.50. The number of benzene rings is 1. The Labute approximate surface area is 133 Å². The van der Waals surface area contributed by atoms with Crippen molar-refractivity contribution in [1.29, 1.82) is 0 Å². The maximum Gasteiger partial charge on any atom is 0.279 e. The first-order valence-electron chi connectivity index (χ1n) is 7.83. The van der Waals surface area contributed by atoms with Crippen LogP contribution in [0.1, 0.15) is 25.8 Å². The Morgan fingerprint density at radius 2 is 1.82 bits per heavy atom. The molecule has 3 unspecified atom stereocenters. The monoisotopic (exact) mass is 326 g/mol. The van der Waals surface area contributed by atoms with Crippen LogP contribution in [0.25, 0.3) is 0 Å². The van der Waals surface area contributed by atoms with Crippen LogP contribution in [-0.4, -0.2) is 43.6 Å². The number of nitrogens with zero attached hydrogens (tertiary/aromatic N) is 1. The van der Waals surface area contributed by atoms with Gasteiger partial charge in [-0.25, -0.2) is 0 Å². The van der Waals surface area contributed by atoms with Gasteiger partial charge >= 0.3 is 0 Å². The minimum absolute atomic E-state index is 0.0382. The molecule has 0 radical (unpaired) electrons. The molecular weight excluding hydrogens is 300 g/mol.